The fraction of sp³-hybridized carbons (Fsp3) is 0.500. The van der Waals surface area contributed by atoms with Gasteiger partial charge in [-0.15, -0.1) is 0 Å². The van der Waals surface area contributed by atoms with Crippen molar-refractivity contribution in [2.24, 2.45) is 0 Å². The highest BCUT2D eigenvalue weighted by Gasteiger charge is 2.26. The lowest BCUT2D eigenvalue weighted by molar-refractivity contribution is -0.136. The van der Waals surface area contributed by atoms with E-state index in [1.54, 1.807) is 11.0 Å². The summed E-state index contributed by atoms with van der Waals surface area (Å²) in [5, 5.41) is 16.0. The van der Waals surface area contributed by atoms with Crippen molar-refractivity contribution in [1.82, 2.24) is 20.2 Å². The Morgan fingerprint density at radius 2 is 2.00 bits per heavy atom. The van der Waals surface area contributed by atoms with Crippen molar-refractivity contribution in [3.63, 3.8) is 0 Å². The number of carboxylic acid groups (broad SMARTS) is 1. The molecule has 2 saturated heterocycles. The van der Waals surface area contributed by atoms with Gasteiger partial charge in [0, 0.05) is 30.8 Å². The quantitative estimate of drug-likeness (QED) is 0.636. The van der Waals surface area contributed by atoms with Crippen LogP contribution in [0.3, 0.4) is 0 Å². The number of carbonyl (C=O) groups excluding carboxylic acids is 1. The lowest BCUT2D eigenvalue weighted by atomic mass is 9.93. The summed E-state index contributed by atoms with van der Waals surface area (Å²) in [6.45, 7) is 2.44. The van der Waals surface area contributed by atoms with Crippen LogP contribution in [-0.2, 0) is 20.7 Å². The van der Waals surface area contributed by atoms with Gasteiger partial charge in [0.15, 0.2) is 0 Å². The first-order valence-electron chi connectivity index (χ1n) is 9.53. The number of aliphatic carboxylic acids is 1. The maximum absolute atomic E-state index is 12.1. The molecule has 4 heterocycles. The van der Waals surface area contributed by atoms with E-state index < -0.39 is 5.97 Å². The van der Waals surface area contributed by atoms with Crippen molar-refractivity contribution in [2.45, 2.75) is 25.2 Å². The van der Waals surface area contributed by atoms with Crippen LogP contribution >= 0.6 is 0 Å². The first kappa shape index (κ1) is 19.1. The second kappa shape index (κ2) is 8.03. The molecule has 0 bridgehead atoms. The number of nitrogens with one attached hydrogen (secondary N) is 1. The number of amides is 1. The molecule has 2 aromatic heterocycles. The highest BCUT2D eigenvalue weighted by molar-refractivity contribution is 5.94. The van der Waals surface area contributed by atoms with Crippen LogP contribution in [0.25, 0.3) is 0 Å². The number of nitrogens with zero attached hydrogens (tertiary/aromatic N) is 5. The molecule has 29 heavy (non-hydrogen) atoms. The predicted octanol–water partition coefficient (Wildman–Crippen LogP) is 0.156. The third kappa shape index (κ3) is 4.29. The average molecular weight is 401 g/mol. The molecule has 4 rings (SSSR count). The Balaban J connectivity index is 1.43. The number of morpholine rings is 1. The van der Waals surface area contributed by atoms with Gasteiger partial charge in [0.25, 0.3) is 5.91 Å². The number of hydrogen-bond acceptors (Lipinski definition) is 8. The first-order valence-corrected chi connectivity index (χ1v) is 9.53. The van der Waals surface area contributed by atoms with Crippen molar-refractivity contribution >= 4 is 29.5 Å². The number of hydrogen-bond donors (Lipinski definition) is 3. The van der Waals surface area contributed by atoms with Gasteiger partial charge in [0.2, 0.25) is 5.95 Å². The van der Waals surface area contributed by atoms with E-state index in [0.29, 0.717) is 30.5 Å². The van der Waals surface area contributed by atoms with Crippen LogP contribution < -0.4 is 15.5 Å². The van der Waals surface area contributed by atoms with Gasteiger partial charge >= 0.3 is 5.97 Å². The van der Waals surface area contributed by atoms with Crippen molar-refractivity contribution in [1.29, 1.82) is 0 Å². The number of piperidine rings is 1. The molecule has 0 unspecified atom stereocenters. The maximum atomic E-state index is 12.1. The Bertz CT molecular complexity index is 907. The topological polar surface area (TPSA) is 151 Å². The zero-order chi connectivity index (χ0) is 20.4. The van der Waals surface area contributed by atoms with Gasteiger partial charge in [-0.25, -0.2) is 0 Å². The second-order valence-electron chi connectivity index (χ2n) is 7.19. The molecule has 2 aliphatic heterocycles. The number of aromatic amines is 1. The smallest absolute Gasteiger partial charge is 0.309 e. The van der Waals surface area contributed by atoms with E-state index in [1.165, 1.54) is 0 Å². The summed E-state index contributed by atoms with van der Waals surface area (Å²) in [5.41, 5.74) is 7.40. The molecule has 0 aromatic carbocycles. The number of aromatic nitrogens is 4. The van der Waals surface area contributed by atoms with Crippen LogP contribution in [0.2, 0.25) is 0 Å². The highest BCUT2D eigenvalue weighted by atomic mass is 16.5. The summed E-state index contributed by atoms with van der Waals surface area (Å²) in [4.78, 5) is 35.2. The predicted molar refractivity (Wildman–Crippen MR) is 104 cm³/mol. The molecule has 154 valence electrons. The largest absolute Gasteiger partial charge is 0.481 e. The molecule has 2 fully saturated rings. The molecule has 0 spiro atoms. The third-order valence-corrected chi connectivity index (χ3v) is 5.21. The first-order chi connectivity index (χ1) is 14.0. The van der Waals surface area contributed by atoms with E-state index in [4.69, 9.17) is 15.6 Å². The summed E-state index contributed by atoms with van der Waals surface area (Å²) in [6, 6.07) is 3.62. The Kier molecular flexibility index (Phi) is 5.30. The zero-order valence-electron chi connectivity index (χ0n) is 15.9. The van der Waals surface area contributed by atoms with Crippen LogP contribution in [0, 0.1) is 0 Å². The lowest BCUT2D eigenvalue weighted by Crippen LogP contribution is -2.42. The molecular formula is C18H23N7O4. The fourth-order valence-corrected chi connectivity index (χ4v) is 3.75. The molecule has 11 nitrogen and oxygen atoms in total. The van der Waals surface area contributed by atoms with Gasteiger partial charge in [-0.1, -0.05) is 0 Å². The summed E-state index contributed by atoms with van der Waals surface area (Å²) in [6.07, 6.45) is 1.65. The van der Waals surface area contributed by atoms with Gasteiger partial charge < -0.3 is 20.5 Å². The van der Waals surface area contributed by atoms with Crippen LogP contribution in [-0.4, -0.2) is 70.0 Å². The van der Waals surface area contributed by atoms with E-state index >= 15 is 0 Å². The molecular weight excluding hydrogens is 378 g/mol. The number of anilines is 3. The Hall–Kier alpha value is -3.21. The minimum atomic E-state index is -0.883. The molecule has 0 saturated carbocycles. The number of carbonyl (C=O) groups is 2. The molecule has 0 atom stereocenters. The summed E-state index contributed by atoms with van der Waals surface area (Å²) >= 11 is 0. The van der Waals surface area contributed by atoms with Crippen LogP contribution in [0.5, 0.6) is 0 Å². The summed E-state index contributed by atoms with van der Waals surface area (Å²) < 4.78 is 5.17. The standard InChI is InChI=1S/C18H23N7O4/c19-18-20-14(9-15(21-18)25-5-6-29-10-16(25)26)24-3-1-11(2-4-24)13-7-12(22-23-13)8-17(27)28/h7,9,11H,1-6,8,10H2,(H,22,23)(H,27,28)(H2,19,20,21). The van der Waals surface area contributed by atoms with Gasteiger partial charge in [0.05, 0.1) is 25.3 Å². The fourth-order valence-electron chi connectivity index (χ4n) is 3.75. The van der Waals surface area contributed by atoms with Gasteiger partial charge in [0.1, 0.15) is 18.2 Å². The zero-order valence-corrected chi connectivity index (χ0v) is 15.9. The number of rotatable bonds is 5. The van der Waals surface area contributed by atoms with Crippen LogP contribution in [0.4, 0.5) is 17.6 Å². The maximum Gasteiger partial charge on any atom is 0.309 e. The van der Waals surface area contributed by atoms with Gasteiger partial charge in [-0.2, -0.15) is 15.1 Å². The Morgan fingerprint density at radius 3 is 2.72 bits per heavy atom. The SMILES string of the molecule is Nc1nc(N2CCC(c3cc(CC(=O)O)[nH]n3)CC2)cc(N2CCOCC2=O)n1. The van der Waals surface area contributed by atoms with E-state index in [9.17, 15) is 9.59 Å². The lowest BCUT2D eigenvalue weighted by Gasteiger charge is -2.33. The van der Waals surface area contributed by atoms with E-state index in [1.807, 2.05) is 6.07 Å². The second-order valence-corrected chi connectivity index (χ2v) is 7.19. The van der Waals surface area contributed by atoms with E-state index in [0.717, 1.165) is 31.6 Å². The van der Waals surface area contributed by atoms with Crippen molar-refractivity contribution in [3.8, 4) is 0 Å². The van der Waals surface area contributed by atoms with Crippen LogP contribution in [0.15, 0.2) is 12.1 Å². The Morgan fingerprint density at radius 1 is 1.24 bits per heavy atom. The van der Waals surface area contributed by atoms with Crippen molar-refractivity contribution < 1.29 is 19.4 Å². The van der Waals surface area contributed by atoms with E-state index in [2.05, 4.69) is 25.1 Å². The van der Waals surface area contributed by atoms with E-state index in [-0.39, 0.29) is 30.8 Å². The molecule has 1 amide bonds. The molecule has 2 aliphatic rings. The number of nitrogen functional groups attached to an aromatic ring is 1. The normalized spacial score (nSPS) is 18.3. The monoisotopic (exact) mass is 401 g/mol. The number of carboxylic acids is 1. The third-order valence-electron chi connectivity index (χ3n) is 5.21. The number of ether oxygens (including phenoxy) is 1. The molecule has 11 heteroatoms. The molecule has 2 aromatic rings. The Labute approximate surface area is 166 Å². The summed E-state index contributed by atoms with van der Waals surface area (Å²) in [5.74, 6) is 0.544. The van der Waals surface area contributed by atoms with Crippen molar-refractivity contribution in [3.05, 3.63) is 23.5 Å². The average Bonchev–Trinajstić information content (AvgIpc) is 3.16. The van der Waals surface area contributed by atoms with Gasteiger partial charge in [-0.3, -0.25) is 19.6 Å². The van der Waals surface area contributed by atoms with Gasteiger partial charge in [-0.05, 0) is 18.9 Å². The summed E-state index contributed by atoms with van der Waals surface area (Å²) in [7, 11) is 0. The minimum absolute atomic E-state index is 0.0398. The van der Waals surface area contributed by atoms with Crippen molar-refractivity contribution in [2.75, 3.05) is 48.4 Å². The molecule has 0 radical (unpaired) electrons. The number of H-pyrrole nitrogens is 1. The minimum Gasteiger partial charge on any atom is -0.481 e. The molecule has 0 aliphatic carbocycles. The van der Waals surface area contributed by atoms with Crippen LogP contribution in [0.1, 0.15) is 30.1 Å². The number of nitrogens with two attached hydrogens (primary N) is 1. The molecule has 4 N–H and O–H groups in total. The highest BCUT2D eigenvalue weighted by Crippen LogP contribution is 2.30.